The van der Waals surface area contributed by atoms with E-state index in [1.807, 2.05) is 74.3 Å². The number of carbonyl (C=O) groups is 1. The van der Waals surface area contributed by atoms with Crippen molar-refractivity contribution in [2.75, 3.05) is 31.1 Å². The summed E-state index contributed by atoms with van der Waals surface area (Å²) in [6.07, 6.45) is 5.23. The van der Waals surface area contributed by atoms with Crippen molar-refractivity contribution in [3.05, 3.63) is 78.0 Å². The average Bonchev–Trinajstić information content (AvgIpc) is 3.33. The lowest BCUT2D eigenvalue weighted by atomic mass is 9.72. The lowest BCUT2D eigenvalue weighted by Gasteiger charge is -2.48. The van der Waals surface area contributed by atoms with E-state index < -0.39 is 5.60 Å². The van der Waals surface area contributed by atoms with Gasteiger partial charge in [-0.05, 0) is 42.8 Å². The van der Waals surface area contributed by atoms with Gasteiger partial charge in [0.05, 0.1) is 11.6 Å². The van der Waals surface area contributed by atoms with Crippen molar-refractivity contribution in [1.29, 1.82) is 0 Å². The van der Waals surface area contributed by atoms with Gasteiger partial charge in [0.15, 0.2) is 5.82 Å². The molecule has 3 aromatic heterocycles. The molecule has 2 saturated heterocycles. The smallest absolute Gasteiger partial charge is 0.228 e. The summed E-state index contributed by atoms with van der Waals surface area (Å²) < 4.78 is 0. The van der Waals surface area contributed by atoms with E-state index in [-0.39, 0.29) is 29.6 Å². The number of anilines is 1. The van der Waals surface area contributed by atoms with Crippen LogP contribution in [0.1, 0.15) is 36.7 Å². The molecule has 2 aliphatic heterocycles. The molecular formula is C27H32N6O2. The van der Waals surface area contributed by atoms with Gasteiger partial charge in [-0.25, -0.2) is 0 Å². The molecule has 1 amide bonds. The Morgan fingerprint density at radius 3 is 2.40 bits per heavy atom. The highest BCUT2D eigenvalue weighted by Gasteiger charge is 2.50. The van der Waals surface area contributed by atoms with E-state index in [1.54, 1.807) is 12.4 Å². The topological polar surface area (TPSA) is 95.3 Å². The molecule has 0 saturated carbocycles. The van der Waals surface area contributed by atoms with Crippen molar-refractivity contribution in [1.82, 2.24) is 25.1 Å². The van der Waals surface area contributed by atoms with Crippen LogP contribution in [0.15, 0.2) is 61.1 Å². The van der Waals surface area contributed by atoms with E-state index in [4.69, 9.17) is 0 Å². The van der Waals surface area contributed by atoms with Crippen LogP contribution < -0.4 is 4.90 Å². The zero-order chi connectivity index (χ0) is 24.6. The van der Waals surface area contributed by atoms with Crippen LogP contribution >= 0.6 is 0 Å². The summed E-state index contributed by atoms with van der Waals surface area (Å²) in [5.74, 6) is 0.257. The molecule has 2 fully saturated rings. The standard InChI is InChI=1S/C27H32N6O2/c1-18-9-10-23(29-13-18)21-16-32(25-8-6-12-30-31-25)17-22(21)26(34)33-14-19(2)27(35,20(3)15-33)24-7-4-5-11-28-24/h4-13,19-22,35H,14-17H2,1-3H3/t19-,20+,21-,22-,27?/m1/s1. The third kappa shape index (κ3) is 4.27. The van der Waals surface area contributed by atoms with Crippen LogP contribution in [0.25, 0.3) is 0 Å². The number of hydrogen-bond donors (Lipinski definition) is 1. The Balaban J connectivity index is 1.41. The van der Waals surface area contributed by atoms with E-state index >= 15 is 0 Å². The summed E-state index contributed by atoms with van der Waals surface area (Å²) in [4.78, 5) is 27.2. The monoisotopic (exact) mass is 472 g/mol. The molecule has 5 atom stereocenters. The molecule has 1 N–H and O–H groups in total. The fraction of sp³-hybridized carbons (Fsp3) is 0.444. The maximum Gasteiger partial charge on any atom is 0.228 e. The Morgan fingerprint density at radius 2 is 1.77 bits per heavy atom. The van der Waals surface area contributed by atoms with E-state index in [9.17, 15) is 9.90 Å². The minimum absolute atomic E-state index is 0.0488. The van der Waals surface area contributed by atoms with Crippen LogP contribution in [0.2, 0.25) is 0 Å². The number of aliphatic hydroxyl groups is 1. The van der Waals surface area contributed by atoms with Gasteiger partial charge >= 0.3 is 0 Å². The number of carbonyl (C=O) groups excluding carboxylic acids is 1. The molecule has 5 rings (SSSR count). The van der Waals surface area contributed by atoms with E-state index in [1.165, 1.54) is 0 Å². The predicted octanol–water partition coefficient (Wildman–Crippen LogP) is 2.80. The van der Waals surface area contributed by atoms with Crippen molar-refractivity contribution in [3.8, 4) is 0 Å². The van der Waals surface area contributed by atoms with Gasteiger partial charge in [0.25, 0.3) is 0 Å². The van der Waals surface area contributed by atoms with Crippen molar-refractivity contribution in [2.24, 2.45) is 17.8 Å². The van der Waals surface area contributed by atoms with Crippen LogP contribution in [0.5, 0.6) is 0 Å². The summed E-state index contributed by atoms with van der Waals surface area (Å²) >= 11 is 0. The molecule has 0 aromatic carbocycles. The molecular weight excluding hydrogens is 440 g/mol. The Bertz CT molecular complexity index is 1150. The maximum atomic E-state index is 14.0. The van der Waals surface area contributed by atoms with Crippen LogP contribution in [0, 0.1) is 24.7 Å². The Labute approximate surface area is 206 Å². The Hall–Kier alpha value is -3.39. The number of likely N-dealkylation sites (tertiary alicyclic amines) is 1. The third-order valence-corrected chi connectivity index (χ3v) is 7.71. The second kappa shape index (κ2) is 9.34. The van der Waals surface area contributed by atoms with Gasteiger partial charge < -0.3 is 14.9 Å². The lowest BCUT2D eigenvalue weighted by molar-refractivity contribution is -0.153. The van der Waals surface area contributed by atoms with Crippen LogP contribution in [0.3, 0.4) is 0 Å². The average molecular weight is 473 g/mol. The predicted molar refractivity (Wildman–Crippen MR) is 132 cm³/mol. The molecule has 0 aliphatic carbocycles. The van der Waals surface area contributed by atoms with E-state index in [0.717, 1.165) is 17.1 Å². The summed E-state index contributed by atoms with van der Waals surface area (Å²) in [6.45, 7) is 8.19. The largest absolute Gasteiger partial charge is 0.383 e. The zero-order valence-corrected chi connectivity index (χ0v) is 20.5. The molecule has 35 heavy (non-hydrogen) atoms. The number of pyridine rings is 2. The summed E-state index contributed by atoms with van der Waals surface area (Å²) in [7, 11) is 0. The highest BCUT2D eigenvalue weighted by atomic mass is 16.3. The number of piperidine rings is 1. The first-order valence-electron chi connectivity index (χ1n) is 12.3. The highest BCUT2D eigenvalue weighted by molar-refractivity contribution is 5.81. The number of nitrogens with zero attached hydrogens (tertiary/aromatic N) is 6. The first-order valence-corrected chi connectivity index (χ1v) is 12.3. The van der Waals surface area contributed by atoms with Gasteiger partial charge in [-0.2, -0.15) is 5.10 Å². The summed E-state index contributed by atoms with van der Waals surface area (Å²) in [5, 5.41) is 20.0. The Kier molecular flexibility index (Phi) is 6.23. The quantitative estimate of drug-likeness (QED) is 0.624. The van der Waals surface area contributed by atoms with Crippen molar-refractivity contribution in [3.63, 3.8) is 0 Å². The molecule has 3 aromatic rings. The first-order chi connectivity index (χ1) is 16.9. The fourth-order valence-corrected chi connectivity index (χ4v) is 5.72. The zero-order valence-electron chi connectivity index (χ0n) is 20.5. The summed E-state index contributed by atoms with van der Waals surface area (Å²) in [6, 6.07) is 13.5. The fourth-order valence-electron chi connectivity index (χ4n) is 5.72. The summed E-state index contributed by atoms with van der Waals surface area (Å²) in [5.41, 5.74) is 1.61. The molecule has 0 radical (unpaired) electrons. The molecule has 8 nitrogen and oxygen atoms in total. The van der Waals surface area contributed by atoms with Crippen LogP contribution in [-0.2, 0) is 10.4 Å². The highest BCUT2D eigenvalue weighted by Crippen LogP contribution is 2.42. The van der Waals surface area contributed by atoms with Crippen molar-refractivity contribution < 1.29 is 9.90 Å². The van der Waals surface area contributed by atoms with Crippen LogP contribution in [-0.4, -0.2) is 62.3 Å². The second-order valence-corrected chi connectivity index (χ2v) is 10.0. The minimum Gasteiger partial charge on any atom is -0.383 e. The molecule has 0 spiro atoms. The number of rotatable bonds is 4. The number of aromatic nitrogens is 4. The normalized spacial score (nSPS) is 28.8. The minimum atomic E-state index is -1.07. The SMILES string of the molecule is Cc1ccc([C@@H]2CN(c3cccnn3)C[C@H]2C(=O)N2C[C@@H](C)C(O)(c3ccccn3)[C@@H](C)C2)nc1. The van der Waals surface area contributed by atoms with Gasteiger partial charge in [0.2, 0.25) is 5.91 Å². The molecule has 182 valence electrons. The molecule has 2 aliphatic rings. The number of aryl methyl sites for hydroxylation is 1. The van der Waals surface area contributed by atoms with Gasteiger partial charge in [0, 0.05) is 68.2 Å². The number of hydrogen-bond acceptors (Lipinski definition) is 7. The Morgan fingerprint density at radius 1 is 0.971 bits per heavy atom. The molecule has 8 heteroatoms. The molecule has 5 heterocycles. The molecule has 0 bridgehead atoms. The van der Waals surface area contributed by atoms with Crippen molar-refractivity contribution in [2.45, 2.75) is 32.3 Å². The second-order valence-electron chi connectivity index (χ2n) is 10.0. The van der Waals surface area contributed by atoms with Gasteiger partial charge in [-0.3, -0.25) is 14.8 Å². The van der Waals surface area contributed by atoms with Gasteiger partial charge in [-0.1, -0.05) is 26.0 Å². The van der Waals surface area contributed by atoms with E-state index in [2.05, 4.69) is 25.1 Å². The van der Waals surface area contributed by atoms with Crippen molar-refractivity contribution >= 4 is 11.7 Å². The van der Waals surface area contributed by atoms with Gasteiger partial charge in [0.1, 0.15) is 5.60 Å². The first kappa shape index (κ1) is 23.4. The maximum absolute atomic E-state index is 14.0. The molecule has 1 unspecified atom stereocenters. The lowest BCUT2D eigenvalue weighted by Crippen LogP contribution is -2.57. The van der Waals surface area contributed by atoms with Crippen LogP contribution in [0.4, 0.5) is 5.82 Å². The van der Waals surface area contributed by atoms with Gasteiger partial charge in [-0.15, -0.1) is 5.10 Å². The number of amides is 1. The van der Waals surface area contributed by atoms with E-state index in [0.29, 0.717) is 31.9 Å². The third-order valence-electron chi connectivity index (χ3n) is 7.71.